The van der Waals surface area contributed by atoms with Gasteiger partial charge >= 0.3 is 0 Å². The number of rotatable bonds is 6. The normalized spacial score (nSPS) is 16.8. The highest BCUT2D eigenvalue weighted by Crippen LogP contribution is 2.25. The number of amides is 2. The molecule has 0 radical (unpaired) electrons. The van der Waals surface area contributed by atoms with Crippen molar-refractivity contribution in [2.24, 2.45) is 5.92 Å². The second-order valence-corrected chi connectivity index (χ2v) is 7.29. The molecule has 1 aromatic rings. The van der Waals surface area contributed by atoms with Gasteiger partial charge in [0.1, 0.15) is 11.1 Å². The van der Waals surface area contributed by atoms with Crippen molar-refractivity contribution in [3.05, 3.63) is 38.9 Å². The molecular weight excluding hydrogens is 374 g/mol. The third-order valence-electron chi connectivity index (χ3n) is 4.41. The largest absolute Gasteiger partial charge is 0.340 e. The fourth-order valence-electron chi connectivity index (χ4n) is 2.70. The van der Waals surface area contributed by atoms with Crippen molar-refractivity contribution >= 4 is 29.1 Å². The maximum atomic E-state index is 12.6. The zero-order valence-electron chi connectivity index (χ0n) is 15.6. The van der Waals surface area contributed by atoms with Gasteiger partial charge in [0.25, 0.3) is 17.5 Å². The summed E-state index contributed by atoms with van der Waals surface area (Å²) in [6.07, 6.45) is 0. The van der Waals surface area contributed by atoms with E-state index in [1.54, 1.807) is 0 Å². The predicted octanol–water partition coefficient (Wildman–Crippen LogP) is 1.28. The SMILES string of the molecule is CC(C)[C@H](NC(=O)c1ccc(Cl)c([N+](=O)[O-])c1)C(=O)NN1CCN(C)CC1. The lowest BCUT2D eigenvalue weighted by Gasteiger charge is -2.34. The molecule has 148 valence electrons. The molecule has 27 heavy (non-hydrogen) atoms. The summed E-state index contributed by atoms with van der Waals surface area (Å²) in [7, 11) is 2.02. The maximum absolute atomic E-state index is 12.6. The lowest BCUT2D eigenvalue weighted by molar-refractivity contribution is -0.384. The Morgan fingerprint density at radius 2 is 1.85 bits per heavy atom. The van der Waals surface area contributed by atoms with Gasteiger partial charge in [0.15, 0.2) is 0 Å². The van der Waals surface area contributed by atoms with E-state index >= 15 is 0 Å². The molecule has 1 aromatic carbocycles. The van der Waals surface area contributed by atoms with E-state index in [4.69, 9.17) is 11.6 Å². The number of benzene rings is 1. The van der Waals surface area contributed by atoms with E-state index in [2.05, 4.69) is 15.6 Å². The molecule has 1 atom stereocenters. The standard InChI is InChI=1S/C17H24ClN5O4/c1-11(2)15(17(25)20-22-8-6-21(3)7-9-22)19-16(24)12-4-5-13(18)14(10-12)23(26)27/h4-5,10-11,15H,6-9H2,1-3H3,(H,19,24)(H,20,25)/t15-/m0/s1. The Bertz CT molecular complexity index is 719. The van der Waals surface area contributed by atoms with Gasteiger partial charge in [-0.05, 0) is 25.1 Å². The van der Waals surface area contributed by atoms with Crippen LogP contribution < -0.4 is 10.7 Å². The average molecular weight is 398 g/mol. The molecule has 2 N–H and O–H groups in total. The van der Waals surface area contributed by atoms with Crippen LogP contribution in [0.4, 0.5) is 5.69 Å². The fourth-order valence-corrected chi connectivity index (χ4v) is 2.88. The van der Waals surface area contributed by atoms with Gasteiger partial charge in [-0.2, -0.15) is 0 Å². The van der Waals surface area contributed by atoms with Crippen molar-refractivity contribution in [2.75, 3.05) is 33.2 Å². The van der Waals surface area contributed by atoms with Crippen molar-refractivity contribution < 1.29 is 14.5 Å². The number of piperazine rings is 1. The number of nitrogens with one attached hydrogen (secondary N) is 2. The number of nitro groups is 1. The van der Waals surface area contributed by atoms with E-state index in [1.807, 2.05) is 25.9 Å². The van der Waals surface area contributed by atoms with Crippen molar-refractivity contribution in [3.8, 4) is 0 Å². The Morgan fingerprint density at radius 3 is 2.41 bits per heavy atom. The van der Waals surface area contributed by atoms with Gasteiger partial charge in [-0.15, -0.1) is 0 Å². The van der Waals surface area contributed by atoms with Crippen LogP contribution in [0.2, 0.25) is 5.02 Å². The highest BCUT2D eigenvalue weighted by atomic mass is 35.5. The van der Waals surface area contributed by atoms with Crippen LogP contribution in [0.25, 0.3) is 0 Å². The molecule has 10 heteroatoms. The maximum Gasteiger partial charge on any atom is 0.288 e. The first-order chi connectivity index (χ1) is 12.7. The molecule has 2 rings (SSSR count). The number of likely N-dealkylation sites (N-methyl/N-ethyl adjacent to an activating group) is 1. The van der Waals surface area contributed by atoms with Gasteiger partial charge in [-0.25, -0.2) is 5.01 Å². The van der Waals surface area contributed by atoms with Crippen molar-refractivity contribution in [1.29, 1.82) is 0 Å². The first-order valence-electron chi connectivity index (χ1n) is 8.68. The Kier molecular flexibility index (Phi) is 7.11. The van der Waals surface area contributed by atoms with Crippen LogP contribution in [-0.2, 0) is 4.79 Å². The van der Waals surface area contributed by atoms with E-state index in [0.29, 0.717) is 13.1 Å². The molecule has 0 spiro atoms. The number of carbonyl (C=O) groups is 2. The highest BCUT2D eigenvalue weighted by Gasteiger charge is 2.27. The van der Waals surface area contributed by atoms with E-state index in [1.165, 1.54) is 12.1 Å². The molecule has 1 heterocycles. The second-order valence-electron chi connectivity index (χ2n) is 6.88. The zero-order chi connectivity index (χ0) is 20.1. The van der Waals surface area contributed by atoms with E-state index in [-0.39, 0.29) is 28.1 Å². The van der Waals surface area contributed by atoms with Crippen LogP contribution >= 0.6 is 11.6 Å². The molecule has 1 aliphatic rings. The lowest BCUT2D eigenvalue weighted by atomic mass is 10.0. The van der Waals surface area contributed by atoms with Gasteiger partial charge in [-0.1, -0.05) is 25.4 Å². The van der Waals surface area contributed by atoms with Crippen molar-refractivity contribution in [3.63, 3.8) is 0 Å². The van der Waals surface area contributed by atoms with Crippen molar-refractivity contribution in [1.82, 2.24) is 20.7 Å². The summed E-state index contributed by atoms with van der Waals surface area (Å²) in [5, 5.41) is 15.4. The minimum Gasteiger partial charge on any atom is -0.340 e. The summed E-state index contributed by atoms with van der Waals surface area (Å²) in [4.78, 5) is 37.6. The predicted molar refractivity (Wildman–Crippen MR) is 101 cm³/mol. The summed E-state index contributed by atoms with van der Waals surface area (Å²) >= 11 is 5.77. The molecule has 1 aliphatic heterocycles. The van der Waals surface area contributed by atoms with E-state index in [0.717, 1.165) is 19.2 Å². The van der Waals surface area contributed by atoms with Gasteiger partial charge in [0, 0.05) is 37.8 Å². The Hall–Kier alpha value is -2.23. The molecule has 0 saturated carbocycles. The van der Waals surface area contributed by atoms with Crippen LogP contribution in [0, 0.1) is 16.0 Å². The smallest absolute Gasteiger partial charge is 0.288 e. The van der Waals surface area contributed by atoms with E-state index < -0.39 is 16.9 Å². The average Bonchev–Trinajstić information content (AvgIpc) is 2.61. The number of hydrazine groups is 1. The molecule has 0 aromatic heterocycles. The second kappa shape index (κ2) is 9.12. The Labute approximate surface area is 162 Å². The van der Waals surface area contributed by atoms with Gasteiger partial charge < -0.3 is 10.2 Å². The number of nitro benzene ring substituents is 1. The monoisotopic (exact) mass is 397 g/mol. The Morgan fingerprint density at radius 1 is 1.22 bits per heavy atom. The molecule has 1 fully saturated rings. The summed E-state index contributed by atoms with van der Waals surface area (Å²) < 4.78 is 0. The first kappa shape index (κ1) is 21.1. The van der Waals surface area contributed by atoms with Crippen LogP contribution in [-0.4, -0.2) is 65.9 Å². The highest BCUT2D eigenvalue weighted by molar-refractivity contribution is 6.32. The quantitative estimate of drug-likeness (QED) is 0.553. The molecule has 1 saturated heterocycles. The number of nitrogens with zero attached hydrogens (tertiary/aromatic N) is 3. The molecule has 0 aliphatic carbocycles. The molecule has 2 amide bonds. The third kappa shape index (κ3) is 5.62. The summed E-state index contributed by atoms with van der Waals surface area (Å²) in [5.74, 6) is -1.04. The van der Waals surface area contributed by atoms with Gasteiger partial charge in [0.2, 0.25) is 0 Å². The number of halogens is 1. The molecule has 0 bridgehead atoms. The van der Waals surface area contributed by atoms with Crippen LogP contribution in [0.15, 0.2) is 18.2 Å². The van der Waals surface area contributed by atoms with Crippen LogP contribution in [0.5, 0.6) is 0 Å². The van der Waals surface area contributed by atoms with Gasteiger partial charge in [0.05, 0.1) is 4.92 Å². The fraction of sp³-hybridized carbons (Fsp3) is 0.529. The Balaban J connectivity index is 2.06. The number of hydrogen-bond acceptors (Lipinski definition) is 6. The van der Waals surface area contributed by atoms with Crippen molar-refractivity contribution in [2.45, 2.75) is 19.9 Å². The molecule has 9 nitrogen and oxygen atoms in total. The van der Waals surface area contributed by atoms with E-state index in [9.17, 15) is 19.7 Å². The van der Waals surface area contributed by atoms with Crippen LogP contribution in [0.1, 0.15) is 24.2 Å². The number of carbonyl (C=O) groups excluding carboxylic acids is 2. The first-order valence-corrected chi connectivity index (χ1v) is 9.05. The minimum absolute atomic E-state index is 0.0511. The van der Waals surface area contributed by atoms with Crippen LogP contribution in [0.3, 0.4) is 0 Å². The lowest BCUT2D eigenvalue weighted by Crippen LogP contribution is -2.58. The summed E-state index contributed by atoms with van der Waals surface area (Å²) in [6, 6.07) is 3.02. The summed E-state index contributed by atoms with van der Waals surface area (Å²) in [5.41, 5.74) is 2.56. The minimum atomic E-state index is -0.771. The molecule has 0 unspecified atom stereocenters. The molecular formula is C17H24ClN5O4. The third-order valence-corrected chi connectivity index (χ3v) is 4.73. The summed E-state index contributed by atoms with van der Waals surface area (Å²) in [6.45, 7) is 6.72. The number of hydrogen-bond donors (Lipinski definition) is 2. The topological polar surface area (TPSA) is 108 Å². The zero-order valence-corrected chi connectivity index (χ0v) is 16.3. The van der Waals surface area contributed by atoms with Gasteiger partial charge in [-0.3, -0.25) is 25.1 Å².